The Morgan fingerprint density at radius 3 is 2.55 bits per heavy atom. The summed E-state index contributed by atoms with van der Waals surface area (Å²) in [7, 11) is 3.69. The molecular weight excluding hydrogens is 401 g/mol. The van der Waals surface area contributed by atoms with E-state index in [2.05, 4.69) is 20.9 Å². The van der Waals surface area contributed by atoms with Crippen molar-refractivity contribution in [2.45, 2.75) is 0 Å². The Morgan fingerprint density at radius 1 is 1.10 bits per heavy atom. The van der Waals surface area contributed by atoms with Crippen molar-refractivity contribution in [1.29, 1.82) is 0 Å². The summed E-state index contributed by atoms with van der Waals surface area (Å²) in [6.07, 6.45) is 0. The van der Waals surface area contributed by atoms with Gasteiger partial charge in [0.2, 0.25) is 0 Å². The minimum absolute atomic E-state index is 0.0750. The van der Waals surface area contributed by atoms with Crippen molar-refractivity contribution in [3.8, 4) is 0 Å². The lowest BCUT2D eigenvalue weighted by Gasteiger charge is -2.26. The third kappa shape index (κ3) is 6.40. The van der Waals surface area contributed by atoms with Gasteiger partial charge in [0.15, 0.2) is 0 Å². The first-order chi connectivity index (χ1) is 14.9. The maximum atomic E-state index is 13.7. The van der Waals surface area contributed by atoms with Crippen LogP contribution in [0.25, 0.3) is 0 Å². The Hall–Kier alpha value is -3.17. The summed E-state index contributed by atoms with van der Waals surface area (Å²) >= 11 is 0. The minimum Gasteiger partial charge on any atom is -0.379 e. The number of halogens is 1. The number of para-hydroxylation sites is 1. The summed E-state index contributed by atoms with van der Waals surface area (Å²) in [4.78, 5) is 29.2. The second-order valence-corrected chi connectivity index (χ2v) is 7.40. The molecule has 166 valence electrons. The van der Waals surface area contributed by atoms with Gasteiger partial charge in [-0.2, -0.15) is 0 Å². The van der Waals surface area contributed by atoms with Crippen LogP contribution in [0, 0.1) is 5.82 Å². The van der Waals surface area contributed by atoms with Gasteiger partial charge in [0, 0.05) is 51.6 Å². The molecule has 0 saturated carbocycles. The lowest BCUT2D eigenvalue weighted by Crippen LogP contribution is -2.41. The summed E-state index contributed by atoms with van der Waals surface area (Å²) in [5.74, 6) is -0.754. The molecule has 0 spiro atoms. The highest BCUT2D eigenvalue weighted by atomic mass is 19.1. The van der Waals surface area contributed by atoms with E-state index in [0.717, 1.165) is 25.3 Å². The Morgan fingerprint density at radius 2 is 1.84 bits per heavy atom. The minimum atomic E-state index is -0.596. The SMILES string of the molecule is CN(C)c1ccc(NC(=O)Nc2ccccc2F)cc1C(=O)NCCN1CCOCC1. The van der Waals surface area contributed by atoms with Gasteiger partial charge < -0.3 is 25.6 Å². The maximum Gasteiger partial charge on any atom is 0.323 e. The number of hydrogen-bond acceptors (Lipinski definition) is 5. The lowest BCUT2D eigenvalue weighted by molar-refractivity contribution is 0.0383. The first kappa shape index (κ1) is 22.5. The predicted octanol–water partition coefficient (Wildman–Crippen LogP) is 2.60. The van der Waals surface area contributed by atoms with Crippen molar-refractivity contribution in [3.05, 3.63) is 53.8 Å². The average Bonchev–Trinajstić information content (AvgIpc) is 2.76. The number of carbonyl (C=O) groups excluding carboxylic acids is 2. The molecule has 0 aromatic heterocycles. The standard InChI is InChI=1S/C22H28FN5O3/c1-27(2)20-8-7-16(25-22(30)26-19-6-4-3-5-18(19)23)15-17(20)21(29)24-9-10-28-11-13-31-14-12-28/h3-8,15H,9-14H2,1-2H3,(H,24,29)(H2,25,26,30). The summed E-state index contributed by atoms with van der Waals surface area (Å²) in [6, 6.07) is 10.4. The summed E-state index contributed by atoms with van der Waals surface area (Å²) < 4.78 is 19.1. The molecule has 2 aromatic rings. The topological polar surface area (TPSA) is 85.9 Å². The molecule has 31 heavy (non-hydrogen) atoms. The summed E-state index contributed by atoms with van der Waals surface area (Å²) in [6.45, 7) is 4.39. The summed E-state index contributed by atoms with van der Waals surface area (Å²) in [5, 5.41) is 8.06. The molecule has 0 unspecified atom stereocenters. The third-order valence-corrected chi connectivity index (χ3v) is 4.92. The van der Waals surface area contributed by atoms with Crippen molar-refractivity contribution < 1.29 is 18.7 Å². The van der Waals surface area contributed by atoms with Crippen LogP contribution in [0.5, 0.6) is 0 Å². The van der Waals surface area contributed by atoms with Gasteiger partial charge in [0.1, 0.15) is 5.82 Å². The van der Waals surface area contributed by atoms with Crippen LogP contribution in [-0.2, 0) is 4.74 Å². The van der Waals surface area contributed by atoms with Gasteiger partial charge in [0.05, 0.1) is 24.5 Å². The number of urea groups is 1. The number of hydrogen-bond donors (Lipinski definition) is 3. The maximum absolute atomic E-state index is 13.7. The van der Waals surface area contributed by atoms with Crippen molar-refractivity contribution in [3.63, 3.8) is 0 Å². The fraction of sp³-hybridized carbons (Fsp3) is 0.364. The van der Waals surface area contributed by atoms with Crippen LogP contribution < -0.4 is 20.9 Å². The van der Waals surface area contributed by atoms with Gasteiger partial charge in [-0.25, -0.2) is 9.18 Å². The number of morpholine rings is 1. The van der Waals surface area contributed by atoms with Crippen molar-refractivity contribution in [2.75, 3.05) is 69.0 Å². The summed E-state index contributed by atoms with van der Waals surface area (Å²) in [5.41, 5.74) is 1.67. The number of carbonyl (C=O) groups is 2. The number of amides is 3. The fourth-order valence-corrected chi connectivity index (χ4v) is 3.28. The van der Waals surface area contributed by atoms with Gasteiger partial charge in [-0.05, 0) is 30.3 Å². The molecule has 2 aromatic carbocycles. The Labute approximate surface area is 181 Å². The van der Waals surface area contributed by atoms with Gasteiger partial charge in [-0.15, -0.1) is 0 Å². The van der Waals surface area contributed by atoms with E-state index in [9.17, 15) is 14.0 Å². The van der Waals surface area contributed by atoms with Crippen LogP contribution in [-0.4, -0.2) is 70.3 Å². The second kappa shape index (κ2) is 10.7. The molecule has 0 radical (unpaired) electrons. The molecule has 3 amide bonds. The van der Waals surface area contributed by atoms with Crippen molar-refractivity contribution in [2.24, 2.45) is 0 Å². The molecule has 8 nitrogen and oxygen atoms in total. The van der Waals surface area contributed by atoms with E-state index in [-0.39, 0.29) is 11.6 Å². The molecule has 1 saturated heterocycles. The van der Waals surface area contributed by atoms with Crippen LogP contribution in [0.2, 0.25) is 0 Å². The van der Waals surface area contributed by atoms with E-state index in [1.807, 2.05) is 19.0 Å². The van der Waals surface area contributed by atoms with Gasteiger partial charge >= 0.3 is 6.03 Å². The monoisotopic (exact) mass is 429 g/mol. The van der Waals surface area contributed by atoms with Crippen molar-refractivity contribution >= 4 is 29.0 Å². The average molecular weight is 429 g/mol. The Balaban J connectivity index is 1.64. The van der Waals surface area contributed by atoms with E-state index in [1.54, 1.807) is 30.3 Å². The zero-order valence-electron chi connectivity index (χ0n) is 17.8. The fourth-order valence-electron chi connectivity index (χ4n) is 3.28. The van der Waals surface area contributed by atoms with E-state index in [1.165, 1.54) is 12.1 Å². The normalized spacial score (nSPS) is 14.0. The first-order valence-corrected chi connectivity index (χ1v) is 10.2. The number of anilines is 3. The second-order valence-electron chi connectivity index (χ2n) is 7.40. The molecule has 1 aliphatic rings. The van der Waals surface area contributed by atoms with E-state index < -0.39 is 11.8 Å². The molecule has 9 heteroatoms. The third-order valence-electron chi connectivity index (χ3n) is 4.92. The molecule has 1 fully saturated rings. The van der Waals surface area contributed by atoms with E-state index in [0.29, 0.717) is 31.0 Å². The number of nitrogens with zero attached hydrogens (tertiary/aromatic N) is 2. The van der Waals surface area contributed by atoms with Crippen LogP contribution in [0.3, 0.4) is 0 Å². The molecule has 0 bridgehead atoms. The first-order valence-electron chi connectivity index (χ1n) is 10.2. The number of rotatable bonds is 7. The van der Waals surface area contributed by atoms with Crippen LogP contribution >= 0.6 is 0 Å². The van der Waals surface area contributed by atoms with Gasteiger partial charge in [0.25, 0.3) is 5.91 Å². The quantitative estimate of drug-likeness (QED) is 0.630. The molecule has 1 aliphatic heterocycles. The highest BCUT2D eigenvalue weighted by Gasteiger charge is 2.16. The smallest absolute Gasteiger partial charge is 0.323 e. The molecule has 3 N–H and O–H groups in total. The van der Waals surface area contributed by atoms with E-state index in [4.69, 9.17) is 4.74 Å². The van der Waals surface area contributed by atoms with Crippen LogP contribution in [0.1, 0.15) is 10.4 Å². The Kier molecular flexibility index (Phi) is 7.80. The largest absolute Gasteiger partial charge is 0.379 e. The molecular formula is C22H28FN5O3. The highest BCUT2D eigenvalue weighted by Crippen LogP contribution is 2.23. The van der Waals surface area contributed by atoms with Gasteiger partial charge in [-0.1, -0.05) is 12.1 Å². The van der Waals surface area contributed by atoms with E-state index >= 15 is 0 Å². The lowest BCUT2D eigenvalue weighted by atomic mass is 10.1. The van der Waals surface area contributed by atoms with Gasteiger partial charge in [-0.3, -0.25) is 9.69 Å². The van der Waals surface area contributed by atoms with Crippen LogP contribution in [0.4, 0.5) is 26.2 Å². The molecule has 0 atom stereocenters. The molecule has 3 rings (SSSR count). The predicted molar refractivity (Wildman–Crippen MR) is 119 cm³/mol. The Bertz CT molecular complexity index is 916. The number of ether oxygens (including phenoxy) is 1. The van der Waals surface area contributed by atoms with Crippen LogP contribution in [0.15, 0.2) is 42.5 Å². The molecule has 0 aliphatic carbocycles. The number of benzene rings is 2. The zero-order chi connectivity index (χ0) is 22.2. The van der Waals surface area contributed by atoms with Crippen molar-refractivity contribution in [1.82, 2.24) is 10.2 Å². The zero-order valence-corrected chi connectivity index (χ0v) is 17.8. The number of nitrogens with one attached hydrogen (secondary N) is 3. The highest BCUT2D eigenvalue weighted by molar-refractivity contribution is 6.04. The molecule has 1 heterocycles.